The van der Waals surface area contributed by atoms with Gasteiger partial charge in [-0.2, -0.15) is 5.26 Å². The second-order valence-corrected chi connectivity index (χ2v) is 4.90. The van der Waals surface area contributed by atoms with Crippen molar-refractivity contribution < 1.29 is 4.39 Å². The number of hydrogen-bond donors (Lipinski definition) is 0. The molecule has 0 aromatic heterocycles. The number of hydrogen-bond acceptors (Lipinski definition) is 3. The Hall–Kier alpha value is -1.60. The summed E-state index contributed by atoms with van der Waals surface area (Å²) in [5.74, 6) is -0.443. The molecular formula is C14H18FN3. The number of nitriles is 1. The van der Waals surface area contributed by atoms with Gasteiger partial charge in [0, 0.05) is 19.6 Å². The van der Waals surface area contributed by atoms with E-state index in [4.69, 9.17) is 5.26 Å². The Bertz CT molecular complexity index is 467. The van der Waals surface area contributed by atoms with Crippen LogP contribution < -0.4 is 4.90 Å². The summed E-state index contributed by atoms with van der Waals surface area (Å²) < 4.78 is 13.5. The van der Waals surface area contributed by atoms with Gasteiger partial charge in [-0.1, -0.05) is 6.07 Å². The van der Waals surface area contributed by atoms with Crippen LogP contribution in [0.3, 0.4) is 0 Å². The Morgan fingerprint density at radius 1 is 1.56 bits per heavy atom. The van der Waals surface area contributed by atoms with E-state index < -0.39 is 5.82 Å². The number of anilines is 1. The fraction of sp³-hybridized carbons (Fsp3) is 0.500. The first-order chi connectivity index (χ1) is 8.63. The fourth-order valence-corrected chi connectivity index (χ4v) is 2.57. The molecule has 2 rings (SSSR count). The highest BCUT2D eigenvalue weighted by Gasteiger charge is 2.23. The van der Waals surface area contributed by atoms with E-state index in [-0.39, 0.29) is 5.56 Å². The van der Waals surface area contributed by atoms with Gasteiger partial charge in [-0.05, 0) is 38.6 Å². The van der Waals surface area contributed by atoms with Gasteiger partial charge >= 0.3 is 0 Å². The van der Waals surface area contributed by atoms with Crippen molar-refractivity contribution in [2.45, 2.75) is 18.9 Å². The number of rotatable bonds is 3. The smallest absolute Gasteiger partial charge is 0.143 e. The third-order valence-electron chi connectivity index (χ3n) is 3.67. The lowest BCUT2D eigenvalue weighted by atomic mass is 10.1. The zero-order chi connectivity index (χ0) is 13.1. The third kappa shape index (κ3) is 2.46. The van der Waals surface area contributed by atoms with E-state index in [1.54, 1.807) is 12.1 Å². The molecule has 18 heavy (non-hydrogen) atoms. The molecular weight excluding hydrogens is 229 g/mol. The summed E-state index contributed by atoms with van der Waals surface area (Å²) in [5.41, 5.74) is 0.818. The highest BCUT2D eigenvalue weighted by Crippen LogP contribution is 2.24. The van der Waals surface area contributed by atoms with Gasteiger partial charge in [-0.15, -0.1) is 0 Å². The van der Waals surface area contributed by atoms with Gasteiger partial charge in [-0.25, -0.2) is 4.39 Å². The van der Waals surface area contributed by atoms with Crippen molar-refractivity contribution in [2.75, 3.05) is 32.1 Å². The molecule has 0 aliphatic carbocycles. The largest absolute Gasteiger partial charge is 0.372 e. The van der Waals surface area contributed by atoms with Crippen LogP contribution in [0.4, 0.5) is 10.1 Å². The first-order valence-electron chi connectivity index (χ1n) is 6.23. The minimum absolute atomic E-state index is 0.139. The molecule has 0 bridgehead atoms. The molecule has 1 aromatic rings. The van der Waals surface area contributed by atoms with Crippen LogP contribution in [-0.2, 0) is 0 Å². The maximum absolute atomic E-state index is 13.5. The van der Waals surface area contributed by atoms with Gasteiger partial charge in [-0.3, -0.25) is 0 Å². The Morgan fingerprint density at radius 3 is 2.94 bits per heavy atom. The molecule has 3 nitrogen and oxygen atoms in total. The molecule has 0 N–H and O–H groups in total. The molecule has 1 aliphatic heterocycles. The average molecular weight is 247 g/mol. The molecule has 4 heteroatoms. The zero-order valence-electron chi connectivity index (χ0n) is 10.9. The van der Waals surface area contributed by atoms with Gasteiger partial charge in [0.25, 0.3) is 0 Å². The SMILES string of the molecule is CN(CC1CCCN1C)c1cccc(F)c1C#N. The van der Waals surface area contributed by atoms with Crippen LogP contribution in [0.2, 0.25) is 0 Å². The zero-order valence-corrected chi connectivity index (χ0v) is 10.9. The van der Waals surface area contributed by atoms with E-state index in [1.807, 2.05) is 18.0 Å². The van der Waals surface area contributed by atoms with Crippen LogP contribution in [0.25, 0.3) is 0 Å². The van der Waals surface area contributed by atoms with Crippen LogP contribution in [0, 0.1) is 17.1 Å². The number of likely N-dealkylation sites (tertiary alicyclic amines) is 1. The maximum atomic E-state index is 13.5. The van der Waals surface area contributed by atoms with Crippen molar-refractivity contribution in [3.8, 4) is 6.07 Å². The minimum atomic E-state index is -0.443. The van der Waals surface area contributed by atoms with Crippen LogP contribution in [-0.4, -0.2) is 38.1 Å². The van der Waals surface area contributed by atoms with Gasteiger partial charge in [0.2, 0.25) is 0 Å². The predicted molar refractivity (Wildman–Crippen MR) is 70.0 cm³/mol. The lowest BCUT2D eigenvalue weighted by molar-refractivity contribution is 0.314. The number of benzene rings is 1. The first kappa shape index (κ1) is 12.8. The molecule has 1 unspecified atom stereocenters. The van der Waals surface area contributed by atoms with Crippen molar-refractivity contribution in [2.24, 2.45) is 0 Å². The average Bonchev–Trinajstić information content (AvgIpc) is 2.74. The lowest BCUT2D eigenvalue weighted by Crippen LogP contribution is -2.37. The molecule has 0 radical (unpaired) electrons. The summed E-state index contributed by atoms with van der Waals surface area (Å²) in [6.45, 7) is 1.95. The van der Waals surface area contributed by atoms with Crippen LogP contribution in [0.1, 0.15) is 18.4 Å². The normalized spacial score (nSPS) is 19.8. The predicted octanol–water partition coefficient (Wildman–Crippen LogP) is 2.23. The second kappa shape index (κ2) is 5.36. The molecule has 1 fully saturated rings. The topological polar surface area (TPSA) is 30.3 Å². The molecule has 1 heterocycles. The second-order valence-electron chi connectivity index (χ2n) is 4.90. The number of likely N-dealkylation sites (N-methyl/N-ethyl adjacent to an activating group) is 2. The summed E-state index contributed by atoms with van der Waals surface area (Å²) in [5, 5.41) is 9.03. The molecule has 0 spiro atoms. The Kier molecular flexibility index (Phi) is 3.83. The monoisotopic (exact) mass is 247 g/mol. The summed E-state index contributed by atoms with van der Waals surface area (Å²) in [6, 6.07) is 7.23. The van der Waals surface area contributed by atoms with Crippen LogP contribution >= 0.6 is 0 Å². The van der Waals surface area contributed by atoms with E-state index in [0.717, 1.165) is 19.5 Å². The number of halogens is 1. The quantitative estimate of drug-likeness (QED) is 0.820. The van der Waals surface area contributed by atoms with Crippen LogP contribution in [0.15, 0.2) is 18.2 Å². The standard InChI is InChI=1S/C14H18FN3/c1-17-8-4-5-11(17)10-18(2)14-7-3-6-13(15)12(14)9-16/h3,6-7,11H,4-5,8,10H2,1-2H3. The lowest BCUT2D eigenvalue weighted by Gasteiger charge is -2.27. The molecule has 1 saturated heterocycles. The third-order valence-corrected chi connectivity index (χ3v) is 3.67. The molecule has 1 aliphatic rings. The van der Waals surface area contributed by atoms with Crippen molar-refractivity contribution in [3.05, 3.63) is 29.6 Å². The number of nitrogens with zero attached hydrogens (tertiary/aromatic N) is 3. The Morgan fingerprint density at radius 2 is 2.33 bits per heavy atom. The van der Waals surface area contributed by atoms with E-state index in [2.05, 4.69) is 11.9 Å². The van der Waals surface area contributed by atoms with Gasteiger partial charge in [0.05, 0.1) is 5.69 Å². The van der Waals surface area contributed by atoms with Gasteiger partial charge in [0.1, 0.15) is 17.4 Å². The van der Waals surface area contributed by atoms with Crippen molar-refractivity contribution in [1.29, 1.82) is 5.26 Å². The van der Waals surface area contributed by atoms with Crippen molar-refractivity contribution in [1.82, 2.24) is 4.90 Å². The molecule has 1 atom stereocenters. The first-order valence-corrected chi connectivity index (χ1v) is 6.23. The molecule has 0 saturated carbocycles. The van der Waals surface area contributed by atoms with Crippen molar-refractivity contribution in [3.63, 3.8) is 0 Å². The van der Waals surface area contributed by atoms with Crippen LogP contribution in [0.5, 0.6) is 0 Å². The maximum Gasteiger partial charge on any atom is 0.143 e. The van der Waals surface area contributed by atoms with Gasteiger partial charge in [0.15, 0.2) is 0 Å². The Balaban J connectivity index is 2.16. The molecule has 0 amide bonds. The van der Waals surface area contributed by atoms with E-state index in [9.17, 15) is 4.39 Å². The summed E-state index contributed by atoms with van der Waals surface area (Å²) in [7, 11) is 4.03. The fourth-order valence-electron chi connectivity index (χ4n) is 2.57. The highest BCUT2D eigenvalue weighted by atomic mass is 19.1. The minimum Gasteiger partial charge on any atom is -0.372 e. The van der Waals surface area contributed by atoms with Gasteiger partial charge < -0.3 is 9.80 Å². The van der Waals surface area contributed by atoms with E-state index >= 15 is 0 Å². The van der Waals surface area contributed by atoms with Crippen molar-refractivity contribution >= 4 is 5.69 Å². The molecule has 1 aromatic carbocycles. The Labute approximate surface area is 107 Å². The summed E-state index contributed by atoms with van der Waals surface area (Å²) in [6.07, 6.45) is 2.38. The molecule has 96 valence electrons. The summed E-state index contributed by atoms with van der Waals surface area (Å²) >= 11 is 0. The van der Waals surface area contributed by atoms with E-state index in [0.29, 0.717) is 11.7 Å². The van der Waals surface area contributed by atoms with E-state index in [1.165, 1.54) is 12.5 Å². The summed E-state index contributed by atoms with van der Waals surface area (Å²) in [4.78, 5) is 4.30. The highest BCUT2D eigenvalue weighted by molar-refractivity contribution is 5.59.